The summed E-state index contributed by atoms with van der Waals surface area (Å²) in [5, 5.41) is 0. The summed E-state index contributed by atoms with van der Waals surface area (Å²) in [6, 6.07) is 0. The summed E-state index contributed by atoms with van der Waals surface area (Å²) >= 11 is 0. The van der Waals surface area contributed by atoms with E-state index in [2.05, 4.69) is 9.97 Å². The molecule has 3 nitrogen and oxygen atoms in total. The molecular formula is C10H15N3. The molecule has 0 aliphatic carbocycles. The second-order valence-electron chi connectivity index (χ2n) is 2.61. The van der Waals surface area contributed by atoms with Gasteiger partial charge in [0, 0.05) is 24.2 Å². The van der Waals surface area contributed by atoms with Crippen molar-refractivity contribution in [1.82, 2.24) is 14.4 Å². The van der Waals surface area contributed by atoms with Crippen LogP contribution in [-0.2, 0) is 0 Å². The predicted molar refractivity (Wildman–Crippen MR) is 53.8 cm³/mol. The van der Waals surface area contributed by atoms with Gasteiger partial charge in [-0.2, -0.15) is 0 Å². The van der Waals surface area contributed by atoms with Crippen LogP contribution in [0.15, 0.2) is 18.6 Å². The van der Waals surface area contributed by atoms with E-state index in [9.17, 15) is 0 Å². The van der Waals surface area contributed by atoms with Crippen molar-refractivity contribution in [2.45, 2.75) is 27.7 Å². The average Bonchev–Trinajstić information content (AvgIpc) is 2.64. The minimum absolute atomic E-state index is 0.975. The van der Waals surface area contributed by atoms with Crippen LogP contribution in [0.5, 0.6) is 0 Å². The number of hydrogen-bond donors (Lipinski definition) is 0. The van der Waals surface area contributed by atoms with Gasteiger partial charge in [-0.25, -0.2) is 9.97 Å². The lowest BCUT2D eigenvalue weighted by atomic mass is 10.4. The number of aryl methyl sites for hydroxylation is 2. The molecule has 70 valence electrons. The third-order valence-electron chi connectivity index (χ3n) is 1.79. The summed E-state index contributed by atoms with van der Waals surface area (Å²) in [7, 11) is 0. The second kappa shape index (κ2) is 4.03. The molecule has 0 saturated heterocycles. The molecule has 2 aromatic heterocycles. The van der Waals surface area contributed by atoms with Crippen LogP contribution in [0.2, 0.25) is 0 Å². The number of aromatic nitrogens is 3. The largest absolute Gasteiger partial charge is 0.288 e. The first-order valence-electron chi connectivity index (χ1n) is 4.54. The van der Waals surface area contributed by atoms with Gasteiger partial charge in [-0.05, 0) is 13.8 Å². The highest BCUT2D eigenvalue weighted by Crippen LogP contribution is 2.06. The molecule has 0 amide bonds. The standard InChI is InChI=1S/C8H9N3.C2H6/c1-6-5-10-7(2)11-4-3-9-8(6)11;1-2/h3-5H,1-2H3;1-2H3. The van der Waals surface area contributed by atoms with Gasteiger partial charge in [0.15, 0.2) is 0 Å². The fourth-order valence-electron chi connectivity index (χ4n) is 1.17. The smallest absolute Gasteiger partial charge is 0.142 e. The Bertz CT molecular complexity index is 354. The number of hydrogen-bond acceptors (Lipinski definition) is 2. The number of nitrogens with zero attached hydrogens (tertiary/aromatic N) is 3. The Morgan fingerprint density at radius 3 is 2.46 bits per heavy atom. The molecule has 13 heavy (non-hydrogen) atoms. The quantitative estimate of drug-likeness (QED) is 0.618. The van der Waals surface area contributed by atoms with E-state index in [-0.39, 0.29) is 0 Å². The summed E-state index contributed by atoms with van der Waals surface area (Å²) in [5.74, 6) is 0.975. The van der Waals surface area contributed by atoms with Crippen LogP contribution >= 0.6 is 0 Å². The van der Waals surface area contributed by atoms with Crippen LogP contribution in [0.3, 0.4) is 0 Å². The van der Waals surface area contributed by atoms with Crippen molar-refractivity contribution < 1.29 is 0 Å². The Labute approximate surface area is 78.5 Å². The molecule has 0 radical (unpaired) electrons. The van der Waals surface area contributed by atoms with E-state index >= 15 is 0 Å². The number of imidazole rings is 1. The van der Waals surface area contributed by atoms with Crippen molar-refractivity contribution >= 4 is 5.65 Å². The Kier molecular flexibility index (Phi) is 3.01. The summed E-state index contributed by atoms with van der Waals surface area (Å²) in [6.45, 7) is 7.98. The molecular weight excluding hydrogens is 162 g/mol. The Balaban J connectivity index is 0.000000396. The van der Waals surface area contributed by atoms with Gasteiger partial charge in [-0.3, -0.25) is 4.40 Å². The maximum Gasteiger partial charge on any atom is 0.142 e. The average molecular weight is 177 g/mol. The zero-order valence-corrected chi connectivity index (χ0v) is 8.57. The van der Waals surface area contributed by atoms with E-state index < -0.39 is 0 Å². The highest BCUT2D eigenvalue weighted by molar-refractivity contribution is 5.45. The molecule has 0 aliphatic rings. The molecule has 2 aromatic rings. The molecule has 0 unspecified atom stereocenters. The molecule has 2 rings (SSSR count). The normalized spacial score (nSPS) is 9.54. The van der Waals surface area contributed by atoms with Crippen molar-refractivity contribution in [2.24, 2.45) is 0 Å². The molecule has 0 fully saturated rings. The molecule has 0 aromatic carbocycles. The van der Waals surface area contributed by atoms with Crippen LogP contribution in [0.1, 0.15) is 25.2 Å². The topological polar surface area (TPSA) is 30.2 Å². The summed E-state index contributed by atoms with van der Waals surface area (Å²) < 4.78 is 1.98. The zero-order valence-electron chi connectivity index (χ0n) is 8.57. The van der Waals surface area contributed by atoms with Gasteiger partial charge in [0.2, 0.25) is 0 Å². The molecule has 3 heteroatoms. The van der Waals surface area contributed by atoms with Gasteiger partial charge >= 0.3 is 0 Å². The third kappa shape index (κ3) is 1.69. The second-order valence-corrected chi connectivity index (χ2v) is 2.61. The molecule has 0 aliphatic heterocycles. The lowest BCUT2D eigenvalue weighted by Crippen LogP contribution is -1.95. The summed E-state index contributed by atoms with van der Waals surface area (Å²) in [6.07, 6.45) is 5.55. The van der Waals surface area contributed by atoms with Crippen molar-refractivity contribution in [3.63, 3.8) is 0 Å². The summed E-state index contributed by atoms with van der Waals surface area (Å²) in [5.41, 5.74) is 2.11. The highest BCUT2D eigenvalue weighted by Gasteiger charge is 1.99. The van der Waals surface area contributed by atoms with Gasteiger partial charge in [0.05, 0.1) is 0 Å². The van der Waals surface area contributed by atoms with E-state index in [1.54, 1.807) is 6.20 Å². The molecule has 0 spiro atoms. The van der Waals surface area contributed by atoms with Gasteiger partial charge in [-0.15, -0.1) is 0 Å². The minimum Gasteiger partial charge on any atom is -0.288 e. The molecule has 0 saturated carbocycles. The van der Waals surface area contributed by atoms with Gasteiger partial charge in [0.1, 0.15) is 11.5 Å². The van der Waals surface area contributed by atoms with Crippen LogP contribution < -0.4 is 0 Å². The molecule has 0 atom stereocenters. The van der Waals surface area contributed by atoms with E-state index in [4.69, 9.17) is 0 Å². The first-order chi connectivity index (χ1) is 6.29. The van der Waals surface area contributed by atoms with E-state index in [0.29, 0.717) is 0 Å². The van der Waals surface area contributed by atoms with Gasteiger partial charge in [0.25, 0.3) is 0 Å². The lowest BCUT2D eigenvalue weighted by molar-refractivity contribution is 0.975. The highest BCUT2D eigenvalue weighted by atomic mass is 15.0. The first-order valence-corrected chi connectivity index (χ1v) is 4.54. The van der Waals surface area contributed by atoms with Gasteiger partial charge in [-0.1, -0.05) is 13.8 Å². The summed E-state index contributed by atoms with van der Waals surface area (Å²) in [4.78, 5) is 8.40. The third-order valence-corrected chi connectivity index (χ3v) is 1.79. The number of rotatable bonds is 0. The van der Waals surface area contributed by atoms with E-state index in [1.165, 1.54) is 0 Å². The molecule has 0 bridgehead atoms. The minimum atomic E-state index is 0.975. The maximum absolute atomic E-state index is 4.20. The monoisotopic (exact) mass is 177 g/mol. The van der Waals surface area contributed by atoms with Crippen LogP contribution in [0, 0.1) is 13.8 Å². The molecule has 0 N–H and O–H groups in total. The van der Waals surface area contributed by atoms with Crippen molar-refractivity contribution in [1.29, 1.82) is 0 Å². The zero-order chi connectivity index (χ0) is 9.84. The Morgan fingerprint density at radius 1 is 1.15 bits per heavy atom. The van der Waals surface area contributed by atoms with Gasteiger partial charge < -0.3 is 0 Å². The Hall–Kier alpha value is -1.38. The van der Waals surface area contributed by atoms with Crippen molar-refractivity contribution in [3.05, 3.63) is 30.0 Å². The van der Waals surface area contributed by atoms with Crippen LogP contribution in [-0.4, -0.2) is 14.4 Å². The van der Waals surface area contributed by atoms with Crippen LogP contribution in [0.4, 0.5) is 0 Å². The van der Waals surface area contributed by atoms with Crippen LogP contribution in [0.25, 0.3) is 5.65 Å². The SMILES string of the molecule is CC.Cc1cnc(C)n2ccnc12. The van der Waals surface area contributed by atoms with Crippen molar-refractivity contribution in [3.8, 4) is 0 Å². The first kappa shape index (κ1) is 9.71. The lowest BCUT2D eigenvalue weighted by Gasteiger charge is -1.99. The van der Waals surface area contributed by atoms with Crippen molar-refractivity contribution in [2.75, 3.05) is 0 Å². The predicted octanol–water partition coefficient (Wildman–Crippen LogP) is 2.37. The molecule has 2 heterocycles. The van der Waals surface area contributed by atoms with E-state index in [1.807, 2.05) is 44.5 Å². The Morgan fingerprint density at radius 2 is 1.85 bits per heavy atom. The number of fused-ring (bicyclic) bond motifs is 1. The maximum atomic E-state index is 4.20. The van der Waals surface area contributed by atoms with E-state index in [0.717, 1.165) is 17.0 Å². The fraction of sp³-hybridized carbons (Fsp3) is 0.400. The fourth-order valence-corrected chi connectivity index (χ4v) is 1.17.